The first-order valence-corrected chi connectivity index (χ1v) is 5.10. The molecule has 3 aromatic heterocycles. The second-order valence-corrected chi connectivity index (χ2v) is 3.38. The zero-order chi connectivity index (χ0) is 11.5. The minimum Gasteiger partial charge on any atom is -0.235 e. The number of rotatable bonds is 2. The Kier molecular flexibility index (Phi) is 2.31. The summed E-state index contributed by atoms with van der Waals surface area (Å²) in [5.74, 6) is 0.776. The first kappa shape index (κ1) is 9.59. The van der Waals surface area contributed by atoms with Gasteiger partial charge in [-0.3, -0.25) is 0 Å². The quantitative estimate of drug-likeness (QED) is 0.638. The molecule has 0 aliphatic rings. The van der Waals surface area contributed by atoms with Gasteiger partial charge in [-0.05, 0) is 24.3 Å². The molecule has 0 saturated carbocycles. The summed E-state index contributed by atoms with van der Waals surface area (Å²) in [5.41, 5.74) is 1.65. The van der Waals surface area contributed by atoms with Crippen molar-refractivity contribution in [2.24, 2.45) is 0 Å². The summed E-state index contributed by atoms with van der Waals surface area (Å²) in [6.07, 6.45) is 4.90. The molecule has 6 heteroatoms. The molecular formula is C11H9N6+. The predicted octanol–water partition coefficient (Wildman–Crippen LogP) is 0.538. The van der Waals surface area contributed by atoms with Crippen LogP contribution in [-0.4, -0.2) is 25.2 Å². The van der Waals surface area contributed by atoms with Crippen LogP contribution >= 0.6 is 0 Å². The number of H-pyrrole nitrogens is 1. The van der Waals surface area contributed by atoms with Gasteiger partial charge in [0.05, 0.1) is 12.4 Å². The topological polar surface area (TPSA) is 70.6 Å². The van der Waals surface area contributed by atoms with Crippen molar-refractivity contribution < 1.29 is 4.98 Å². The lowest BCUT2D eigenvalue weighted by atomic mass is 10.2. The summed E-state index contributed by atoms with van der Waals surface area (Å²) in [7, 11) is 0. The number of hydrogen-bond donors (Lipinski definition) is 0. The number of hydrogen-bond acceptors (Lipinski definition) is 4. The van der Waals surface area contributed by atoms with Crippen molar-refractivity contribution in [1.29, 1.82) is 0 Å². The summed E-state index contributed by atoms with van der Waals surface area (Å²) in [6.45, 7) is 0. The monoisotopic (exact) mass is 225 g/mol. The Morgan fingerprint density at radius 1 is 0.941 bits per heavy atom. The predicted molar refractivity (Wildman–Crippen MR) is 58.9 cm³/mol. The summed E-state index contributed by atoms with van der Waals surface area (Å²) in [4.78, 5) is 4.71. The van der Waals surface area contributed by atoms with Crippen LogP contribution in [0.5, 0.6) is 0 Å². The maximum absolute atomic E-state index is 4.06. The molecule has 3 heterocycles. The molecule has 0 bridgehead atoms. The van der Waals surface area contributed by atoms with Gasteiger partial charge in [0, 0.05) is 17.1 Å². The van der Waals surface area contributed by atoms with E-state index in [0.717, 1.165) is 17.2 Å². The third kappa shape index (κ3) is 1.87. The summed E-state index contributed by atoms with van der Waals surface area (Å²) < 4.78 is 0. The molecule has 3 rings (SSSR count). The smallest absolute Gasteiger partial charge is 0.235 e. The largest absolute Gasteiger partial charge is 0.328 e. The first-order chi connectivity index (χ1) is 8.43. The third-order valence-corrected chi connectivity index (χ3v) is 2.26. The number of pyridine rings is 1. The molecule has 1 N–H and O–H groups in total. The highest BCUT2D eigenvalue weighted by atomic mass is 15.5. The SMILES string of the molecule is c1cnnc(-c2cccc(-n3nccn3)[nH+]2)c1. The van der Waals surface area contributed by atoms with E-state index >= 15 is 0 Å². The van der Waals surface area contributed by atoms with Gasteiger partial charge in [0.2, 0.25) is 0 Å². The van der Waals surface area contributed by atoms with Gasteiger partial charge in [-0.15, -0.1) is 5.10 Å². The zero-order valence-electron chi connectivity index (χ0n) is 8.85. The van der Waals surface area contributed by atoms with Gasteiger partial charge in [0.15, 0.2) is 5.69 Å². The molecule has 0 unspecified atom stereocenters. The normalized spacial score (nSPS) is 10.4. The maximum atomic E-state index is 4.06. The number of nitrogens with zero attached hydrogens (tertiary/aromatic N) is 5. The Balaban J connectivity index is 2.06. The van der Waals surface area contributed by atoms with Crippen molar-refractivity contribution in [3.8, 4) is 17.2 Å². The van der Waals surface area contributed by atoms with E-state index in [0.29, 0.717) is 0 Å². The lowest BCUT2D eigenvalue weighted by molar-refractivity contribution is -0.362. The van der Waals surface area contributed by atoms with Crippen molar-refractivity contribution in [2.45, 2.75) is 0 Å². The molecule has 0 saturated heterocycles. The molecule has 0 fully saturated rings. The molecule has 0 aliphatic carbocycles. The van der Waals surface area contributed by atoms with E-state index < -0.39 is 0 Å². The molecular weight excluding hydrogens is 216 g/mol. The third-order valence-electron chi connectivity index (χ3n) is 2.26. The standard InChI is InChI=1S/C11H8N6/c1-3-9(10-4-2-6-12-16-10)15-11(5-1)17-13-7-8-14-17/h1-8H/p+1. The summed E-state index contributed by atoms with van der Waals surface area (Å²) >= 11 is 0. The van der Waals surface area contributed by atoms with Gasteiger partial charge in [-0.2, -0.15) is 5.10 Å². The van der Waals surface area contributed by atoms with E-state index in [1.165, 1.54) is 4.80 Å². The van der Waals surface area contributed by atoms with E-state index in [9.17, 15) is 0 Å². The highest BCUT2D eigenvalue weighted by molar-refractivity contribution is 5.49. The highest BCUT2D eigenvalue weighted by Crippen LogP contribution is 2.09. The lowest BCUT2D eigenvalue weighted by Crippen LogP contribution is -2.18. The maximum Gasteiger partial charge on any atom is 0.328 e. The van der Waals surface area contributed by atoms with Crippen molar-refractivity contribution >= 4 is 0 Å². The van der Waals surface area contributed by atoms with Gasteiger partial charge in [-0.1, -0.05) is 10.2 Å². The van der Waals surface area contributed by atoms with Crippen molar-refractivity contribution in [3.63, 3.8) is 0 Å². The highest BCUT2D eigenvalue weighted by Gasteiger charge is 2.10. The molecule has 6 nitrogen and oxygen atoms in total. The molecule has 0 aromatic carbocycles. The minimum atomic E-state index is 0.776. The average molecular weight is 225 g/mol. The van der Waals surface area contributed by atoms with Crippen LogP contribution in [-0.2, 0) is 0 Å². The van der Waals surface area contributed by atoms with Crippen LogP contribution < -0.4 is 4.98 Å². The second kappa shape index (κ2) is 4.09. The van der Waals surface area contributed by atoms with Gasteiger partial charge >= 0.3 is 5.82 Å². The Morgan fingerprint density at radius 2 is 1.82 bits per heavy atom. The fraction of sp³-hybridized carbons (Fsp3) is 0. The van der Waals surface area contributed by atoms with Crippen LogP contribution in [0.1, 0.15) is 0 Å². The molecule has 0 spiro atoms. The Hall–Kier alpha value is -2.63. The van der Waals surface area contributed by atoms with E-state index in [2.05, 4.69) is 25.4 Å². The van der Waals surface area contributed by atoms with Crippen molar-refractivity contribution in [1.82, 2.24) is 25.2 Å². The van der Waals surface area contributed by atoms with Crippen LogP contribution in [0, 0.1) is 0 Å². The fourth-order valence-electron chi connectivity index (χ4n) is 1.51. The van der Waals surface area contributed by atoms with Gasteiger partial charge < -0.3 is 0 Å². The number of nitrogens with one attached hydrogen (secondary N) is 1. The number of aromatic amines is 1. The van der Waals surface area contributed by atoms with Crippen molar-refractivity contribution in [2.75, 3.05) is 0 Å². The zero-order valence-corrected chi connectivity index (χ0v) is 8.85. The number of aromatic nitrogens is 6. The van der Waals surface area contributed by atoms with E-state index in [4.69, 9.17) is 0 Å². The second-order valence-electron chi connectivity index (χ2n) is 3.38. The van der Waals surface area contributed by atoms with Gasteiger partial charge in [-0.25, -0.2) is 4.98 Å². The Labute approximate surface area is 97.0 Å². The molecule has 0 amide bonds. The molecule has 17 heavy (non-hydrogen) atoms. The first-order valence-electron chi connectivity index (χ1n) is 5.10. The molecule has 82 valence electrons. The molecule has 0 aliphatic heterocycles. The molecule has 3 aromatic rings. The molecule has 0 atom stereocenters. The van der Waals surface area contributed by atoms with Gasteiger partial charge in [0.1, 0.15) is 5.69 Å². The van der Waals surface area contributed by atoms with E-state index in [-0.39, 0.29) is 0 Å². The van der Waals surface area contributed by atoms with Crippen LogP contribution in [0.25, 0.3) is 17.2 Å². The Morgan fingerprint density at radius 3 is 2.59 bits per heavy atom. The summed E-state index contributed by atoms with van der Waals surface area (Å²) in [6, 6.07) is 9.46. The van der Waals surface area contributed by atoms with Crippen LogP contribution in [0.2, 0.25) is 0 Å². The Bertz CT molecular complexity index is 605. The minimum absolute atomic E-state index is 0.776. The van der Waals surface area contributed by atoms with E-state index in [1.54, 1.807) is 18.6 Å². The van der Waals surface area contributed by atoms with Crippen LogP contribution in [0.3, 0.4) is 0 Å². The van der Waals surface area contributed by atoms with E-state index in [1.807, 2.05) is 30.3 Å². The van der Waals surface area contributed by atoms with Crippen LogP contribution in [0.15, 0.2) is 48.9 Å². The van der Waals surface area contributed by atoms with Gasteiger partial charge in [0.25, 0.3) is 0 Å². The fourth-order valence-corrected chi connectivity index (χ4v) is 1.51. The molecule has 0 radical (unpaired) electrons. The lowest BCUT2D eigenvalue weighted by Gasteiger charge is -1.96. The van der Waals surface area contributed by atoms with Crippen molar-refractivity contribution in [3.05, 3.63) is 48.9 Å². The summed E-state index contributed by atoms with van der Waals surface area (Å²) in [5, 5.41) is 16.0. The average Bonchev–Trinajstić information content (AvgIpc) is 2.94. The van der Waals surface area contributed by atoms with Crippen LogP contribution in [0.4, 0.5) is 0 Å².